The molecule has 1 fully saturated rings. The molecule has 2 heterocycles. The lowest BCUT2D eigenvalue weighted by molar-refractivity contribution is 0.135. The van der Waals surface area contributed by atoms with Gasteiger partial charge >= 0.3 is 0 Å². The molecule has 2 rings (SSSR count). The average Bonchev–Trinajstić information content (AvgIpc) is 2.74. The number of hydrogen-bond acceptors (Lipinski definition) is 6. The molecule has 1 atom stereocenters. The van der Waals surface area contributed by atoms with Crippen molar-refractivity contribution in [2.24, 2.45) is 0 Å². The van der Waals surface area contributed by atoms with Crippen molar-refractivity contribution in [1.29, 1.82) is 0 Å². The van der Waals surface area contributed by atoms with Crippen LogP contribution in [-0.4, -0.2) is 41.4 Å². The van der Waals surface area contributed by atoms with Crippen LogP contribution in [0.3, 0.4) is 0 Å². The van der Waals surface area contributed by atoms with E-state index >= 15 is 0 Å². The smallest absolute Gasteiger partial charge is 0.262 e. The highest BCUT2D eigenvalue weighted by atomic mass is 16.6. The summed E-state index contributed by atoms with van der Waals surface area (Å²) in [4.78, 5) is 7.72. The van der Waals surface area contributed by atoms with Gasteiger partial charge in [0.2, 0.25) is 5.75 Å². The first kappa shape index (κ1) is 9.97. The quantitative estimate of drug-likeness (QED) is 0.753. The standard InChI is InChI=1S/C9H13N3O3/c1-10-8-7(13)9(12-5-11-8)15-6-2-3-14-4-6/h5-6,13H,2-4H2,1H3,(H,10,11,12). The number of ether oxygens (including phenoxy) is 2. The Morgan fingerprint density at radius 1 is 1.60 bits per heavy atom. The van der Waals surface area contributed by atoms with Crippen LogP contribution >= 0.6 is 0 Å². The highest BCUT2D eigenvalue weighted by Crippen LogP contribution is 2.30. The number of nitrogens with zero attached hydrogens (tertiary/aromatic N) is 2. The van der Waals surface area contributed by atoms with Crippen LogP contribution in [0.25, 0.3) is 0 Å². The Labute approximate surface area is 87.3 Å². The Bertz CT molecular complexity index is 339. The largest absolute Gasteiger partial charge is 0.501 e. The van der Waals surface area contributed by atoms with Gasteiger partial charge in [0.15, 0.2) is 5.82 Å². The van der Waals surface area contributed by atoms with Gasteiger partial charge in [-0.2, -0.15) is 4.98 Å². The number of nitrogens with one attached hydrogen (secondary N) is 1. The van der Waals surface area contributed by atoms with Crippen LogP contribution in [0.2, 0.25) is 0 Å². The first-order chi connectivity index (χ1) is 7.31. The van der Waals surface area contributed by atoms with Gasteiger partial charge in [0, 0.05) is 13.5 Å². The van der Waals surface area contributed by atoms with Crippen LogP contribution in [0.1, 0.15) is 6.42 Å². The molecule has 6 nitrogen and oxygen atoms in total. The second-order valence-corrected chi connectivity index (χ2v) is 3.23. The van der Waals surface area contributed by atoms with E-state index in [1.54, 1.807) is 7.05 Å². The molecular formula is C9H13N3O3. The van der Waals surface area contributed by atoms with Crippen molar-refractivity contribution in [3.8, 4) is 11.6 Å². The molecule has 1 aromatic heterocycles. The molecule has 0 radical (unpaired) electrons. The maximum atomic E-state index is 9.70. The van der Waals surface area contributed by atoms with Gasteiger partial charge < -0.3 is 19.9 Å². The summed E-state index contributed by atoms with van der Waals surface area (Å²) in [5, 5.41) is 12.4. The summed E-state index contributed by atoms with van der Waals surface area (Å²) in [6, 6.07) is 0. The van der Waals surface area contributed by atoms with Crippen molar-refractivity contribution < 1.29 is 14.6 Å². The predicted molar refractivity (Wildman–Crippen MR) is 53.1 cm³/mol. The molecule has 0 spiro atoms. The summed E-state index contributed by atoms with van der Waals surface area (Å²) in [5.41, 5.74) is 0. The minimum atomic E-state index is -0.0631. The molecule has 1 aromatic rings. The molecule has 1 unspecified atom stereocenters. The lowest BCUT2D eigenvalue weighted by atomic mass is 10.3. The highest BCUT2D eigenvalue weighted by Gasteiger charge is 2.20. The number of rotatable bonds is 3. The van der Waals surface area contributed by atoms with E-state index in [1.807, 2.05) is 0 Å². The van der Waals surface area contributed by atoms with Gasteiger partial charge in [-0.1, -0.05) is 0 Å². The Balaban J connectivity index is 2.13. The maximum absolute atomic E-state index is 9.70. The number of aromatic nitrogens is 2. The zero-order valence-electron chi connectivity index (χ0n) is 8.43. The summed E-state index contributed by atoms with van der Waals surface area (Å²) in [7, 11) is 1.67. The van der Waals surface area contributed by atoms with Gasteiger partial charge in [-0.15, -0.1) is 0 Å². The minimum Gasteiger partial charge on any atom is -0.501 e. The molecule has 1 aliphatic rings. The van der Waals surface area contributed by atoms with E-state index in [4.69, 9.17) is 9.47 Å². The van der Waals surface area contributed by atoms with Gasteiger partial charge in [0.25, 0.3) is 5.88 Å². The maximum Gasteiger partial charge on any atom is 0.262 e. The molecule has 1 aliphatic heterocycles. The van der Waals surface area contributed by atoms with E-state index in [-0.39, 0.29) is 17.7 Å². The van der Waals surface area contributed by atoms with Crippen molar-refractivity contribution in [2.45, 2.75) is 12.5 Å². The lowest BCUT2D eigenvalue weighted by Gasteiger charge is -2.12. The Morgan fingerprint density at radius 3 is 3.13 bits per heavy atom. The van der Waals surface area contributed by atoms with E-state index in [9.17, 15) is 5.11 Å². The lowest BCUT2D eigenvalue weighted by Crippen LogP contribution is -2.16. The first-order valence-electron chi connectivity index (χ1n) is 4.77. The summed E-state index contributed by atoms with van der Waals surface area (Å²) in [6.07, 6.45) is 2.13. The van der Waals surface area contributed by atoms with Crippen molar-refractivity contribution in [2.75, 3.05) is 25.6 Å². The molecule has 1 saturated heterocycles. The van der Waals surface area contributed by atoms with Crippen LogP contribution in [0.4, 0.5) is 5.82 Å². The van der Waals surface area contributed by atoms with Gasteiger partial charge in [-0.3, -0.25) is 0 Å². The van der Waals surface area contributed by atoms with E-state index in [2.05, 4.69) is 15.3 Å². The zero-order valence-corrected chi connectivity index (χ0v) is 8.43. The molecule has 0 bridgehead atoms. The van der Waals surface area contributed by atoms with E-state index in [0.29, 0.717) is 19.0 Å². The van der Waals surface area contributed by atoms with E-state index in [0.717, 1.165) is 6.42 Å². The first-order valence-corrected chi connectivity index (χ1v) is 4.77. The second kappa shape index (κ2) is 4.31. The molecule has 82 valence electrons. The van der Waals surface area contributed by atoms with Crippen molar-refractivity contribution in [3.63, 3.8) is 0 Å². The number of hydrogen-bond donors (Lipinski definition) is 2. The van der Waals surface area contributed by atoms with Crippen molar-refractivity contribution in [3.05, 3.63) is 6.33 Å². The third kappa shape index (κ3) is 2.10. The van der Waals surface area contributed by atoms with Gasteiger partial charge in [0.05, 0.1) is 13.2 Å². The SMILES string of the molecule is CNc1ncnc(OC2CCOC2)c1O. The van der Waals surface area contributed by atoms with Crippen LogP contribution in [-0.2, 0) is 4.74 Å². The topological polar surface area (TPSA) is 76.5 Å². The Hall–Kier alpha value is -1.56. The summed E-state index contributed by atoms with van der Waals surface area (Å²) < 4.78 is 10.6. The molecule has 0 aliphatic carbocycles. The second-order valence-electron chi connectivity index (χ2n) is 3.23. The van der Waals surface area contributed by atoms with Gasteiger partial charge in [0.1, 0.15) is 12.4 Å². The molecule has 0 amide bonds. The van der Waals surface area contributed by atoms with Gasteiger partial charge in [-0.25, -0.2) is 4.98 Å². The van der Waals surface area contributed by atoms with Crippen LogP contribution < -0.4 is 10.1 Å². The zero-order chi connectivity index (χ0) is 10.7. The van der Waals surface area contributed by atoms with Crippen molar-refractivity contribution >= 4 is 5.82 Å². The van der Waals surface area contributed by atoms with E-state index < -0.39 is 0 Å². The van der Waals surface area contributed by atoms with Crippen LogP contribution in [0.15, 0.2) is 6.33 Å². The molecular weight excluding hydrogens is 198 g/mol. The predicted octanol–water partition coefficient (Wildman–Crippen LogP) is 0.392. The minimum absolute atomic E-state index is 0.0319. The fourth-order valence-electron chi connectivity index (χ4n) is 1.40. The van der Waals surface area contributed by atoms with Crippen LogP contribution in [0.5, 0.6) is 11.6 Å². The normalized spacial score (nSPS) is 20.2. The number of anilines is 1. The Morgan fingerprint density at radius 2 is 2.47 bits per heavy atom. The molecule has 0 aromatic carbocycles. The summed E-state index contributed by atoms with van der Waals surface area (Å²) >= 11 is 0. The van der Waals surface area contributed by atoms with Gasteiger partial charge in [-0.05, 0) is 0 Å². The summed E-state index contributed by atoms with van der Waals surface area (Å²) in [6.45, 7) is 1.23. The third-order valence-electron chi connectivity index (χ3n) is 2.19. The molecule has 15 heavy (non-hydrogen) atoms. The fraction of sp³-hybridized carbons (Fsp3) is 0.556. The van der Waals surface area contributed by atoms with E-state index in [1.165, 1.54) is 6.33 Å². The number of aromatic hydroxyl groups is 1. The van der Waals surface area contributed by atoms with Crippen LogP contribution in [0, 0.1) is 0 Å². The monoisotopic (exact) mass is 211 g/mol. The molecule has 0 saturated carbocycles. The van der Waals surface area contributed by atoms with Crippen molar-refractivity contribution in [1.82, 2.24) is 9.97 Å². The highest BCUT2D eigenvalue weighted by molar-refractivity contribution is 5.53. The fourth-order valence-corrected chi connectivity index (χ4v) is 1.40. The summed E-state index contributed by atoms with van der Waals surface area (Å²) in [5.74, 6) is 0.496. The Kier molecular flexibility index (Phi) is 2.86. The third-order valence-corrected chi connectivity index (χ3v) is 2.19. The molecule has 6 heteroatoms. The average molecular weight is 211 g/mol. The molecule has 2 N–H and O–H groups in total.